The van der Waals surface area contributed by atoms with Gasteiger partial charge in [0.25, 0.3) is 0 Å². The molecule has 0 spiro atoms. The third kappa shape index (κ3) is 19.4. The number of carbonyl (C=O) groups is 2. The summed E-state index contributed by atoms with van der Waals surface area (Å²) in [5, 5.41) is 11.9. The summed E-state index contributed by atoms with van der Waals surface area (Å²) >= 11 is 0. The summed E-state index contributed by atoms with van der Waals surface area (Å²) in [5.74, 6) is -1.12. The molecular weight excluding hydrogens is 373 g/mol. The van der Waals surface area contributed by atoms with Gasteiger partial charge in [0.2, 0.25) is 5.91 Å². The molecule has 0 aromatic rings. The van der Waals surface area contributed by atoms with Crippen LogP contribution >= 0.6 is 0 Å². The number of nitrogens with one attached hydrogen (secondary N) is 1. The van der Waals surface area contributed by atoms with Crippen molar-refractivity contribution in [1.29, 1.82) is 0 Å². The summed E-state index contributed by atoms with van der Waals surface area (Å²) in [4.78, 5) is 23.2. The Morgan fingerprint density at radius 1 is 0.828 bits per heavy atom. The first-order valence-electron chi connectivity index (χ1n) is 11.7. The third-order valence-electron chi connectivity index (χ3n) is 5.46. The molecule has 4 nitrogen and oxygen atoms in total. The van der Waals surface area contributed by atoms with Crippen LogP contribution in [-0.2, 0) is 9.59 Å². The number of unbranched alkanes of at least 4 members (excludes halogenated alkanes) is 11. The van der Waals surface area contributed by atoms with Crippen molar-refractivity contribution < 1.29 is 14.7 Å². The van der Waals surface area contributed by atoms with E-state index in [4.69, 9.17) is 0 Å². The summed E-state index contributed by atoms with van der Waals surface area (Å²) < 4.78 is 0. The zero-order chi connectivity index (χ0) is 21.0. The Hall–Kier alpha value is -0.320. The van der Waals surface area contributed by atoms with Crippen LogP contribution in [0.4, 0.5) is 0 Å². The Morgan fingerprint density at radius 2 is 1.31 bits per heavy atom. The molecule has 2 atom stereocenters. The van der Waals surface area contributed by atoms with E-state index in [2.05, 4.69) is 24.4 Å². The maximum atomic E-state index is 11.9. The van der Waals surface area contributed by atoms with Crippen LogP contribution in [0.3, 0.4) is 0 Å². The van der Waals surface area contributed by atoms with E-state index in [0.29, 0.717) is 6.42 Å². The molecule has 0 rings (SSSR count). The van der Waals surface area contributed by atoms with Crippen molar-refractivity contribution in [3.63, 3.8) is 0 Å². The molecule has 0 aliphatic heterocycles. The summed E-state index contributed by atoms with van der Waals surface area (Å²) in [7, 11) is 0. The predicted octanol–water partition coefficient (Wildman–Crippen LogP) is 5.99. The van der Waals surface area contributed by atoms with Crippen molar-refractivity contribution in [2.45, 2.75) is 123 Å². The van der Waals surface area contributed by atoms with Crippen molar-refractivity contribution in [2.24, 2.45) is 5.92 Å². The number of carboxylic acids is 1. The van der Waals surface area contributed by atoms with Gasteiger partial charge in [0.05, 0.1) is 0 Å². The second-order valence-corrected chi connectivity index (χ2v) is 8.10. The average Bonchev–Trinajstić information content (AvgIpc) is 2.68. The monoisotopic (exact) mass is 419 g/mol. The van der Waals surface area contributed by atoms with Gasteiger partial charge < -0.3 is 10.4 Å². The van der Waals surface area contributed by atoms with Crippen LogP contribution in [0.15, 0.2) is 12.2 Å². The number of aliphatic carboxylic acids is 1. The number of rotatable bonds is 19. The number of hydrogen-bond acceptors (Lipinski definition) is 2. The minimum absolute atomic E-state index is 0. The van der Waals surface area contributed by atoms with Crippen molar-refractivity contribution in [1.82, 2.24) is 5.32 Å². The number of carbonyl (C=O) groups excluding carboxylic acids is 1. The van der Waals surface area contributed by atoms with E-state index in [1.54, 1.807) is 0 Å². The van der Waals surface area contributed by atoms with Gasteiger partial charge in [-0.25, -0.2) is 4.79 Å². The molecule has 0 saturated carbocycles. The SMILES string of the molecule is CCCCCCCC/C=C\CCCCCCCC(=O)N[C@H](C(=O)O)[C@@H](C)CC.[NaH]. The van der Waals surface area contributed by atoms with Crippen LogP contribution in [0.5, 0.6) is 0 Å². The normalized spacial score (nSPS) is 13.1. The standard InChI is InChI=1S/C24H45NO3.Na.H/c1-4-6-7-8-9-10-11-12-13-14-15-16-17-18-19-20-22(26)25-23(24(27)28)21(3)5-2;;/h12-13,21,23H,4-11,14-20H2,1-3H3,(H,25,26)(H,27,28);;/b13-12-;;/t21-,23-;;/m0../s1. The Labute approximate surface area is 202 Å². The molecule has 0 saturated heterocycles. The van der Waals surface area contributed by atoms with Gasteiger partial charge in [-0.3, -0.25) is 4.79 Å². The Balaban J connectivity index is 0. The molecule has 5 heteroatoms. The fraction of sp³-hybridized carbons (Fsp3) is 0.833. The fourth-order valence-corrected chi connectivity index (χ4v) is 3.28. The fourth-order valence-electron chi connectivity index (χ4n) is 3.28. The zero-order valence-electron chi connectivity index (χ0n) is 18.7. The molecule has 0 aliphatic rings. The van der Waals surface area contributed by atoms with Crippen LogP contribution < -0.4 is 5.32 Å². The Kier molecular flexibility index (Phi) is 23.8. The van der Waals surface area contributed by atoms with Gasteiger partial charge >= 0.3 is 35.5 Å². The Bertz CT molecular complexity index is 426. The maximum absolute atomic E-state index is 11.9. The predicted molar refractivity (Wildman–Crippen MR) is 126 cm³/mol. The van der Waals surface area contributed by atoms with Gasteiger partial charge in [0.1, 0.15) is 6.04 Å². The van der Waals surface area contributed by atoms with Gasteiger partial charge in [0, 0.05) is 6.42 Å². The first-order chi connectivity index (χ1) is 13.5. The van der Waals surface area contributed by atoms with Gasteiger partial charge in [-0.2, -0.15) is 0 Å². The number of hydrogen-bond donors (Lipinski definition) is 2. The molecule has 0 heterocycles. The summed E-state index contributed by atoms with van der Waals surface area (Å²) in [5.41, 5.74) is 0. The zero-order valence-corrected chi connectivity index (χ0v) is 18.7. The molecule has 0 bridgehead atoms. The summed E-state index contributed by atoms with van der Waals surface area (Å²) in [6.07, 6.45) is 21.8. The molecule has 166 valence electrons. The Morgan fingerprint density at radius 3 is 1.79 bits per heavy atom. The second kappa shape index (κ2) is 22.4. The molecule has 0 fully saturated rings. The number of amides is 1. The van der Waals surface area contributed by atoms with E-state index in [1.807, 2.05) is 13.8 Å². The van der Waals surface area contributed by atoms with E-state index < -0.39 is 12.0 Å². The molecule has 0 unspecified atom stereocenters. The van der Waals surface area contributed by atoms with Crippen molar-refractivity contribution in [2.75, 3.05) is 0 Å². The number of allylic oxidation sites excluding steroid dienone is 2. The van der Waals surface area contributed by atoms with Crippen LogP contribution in [-0.4, -0.2) is 52.6 Å². The van der Waals surface area contributed by atoms with Crippen LogP contribution in [0.1, 0.15) is 117 Å². The van der Waals surface area contributed by atoms with E-state index in [1.165, 1.54) is 57.8 Å². The molecule has 0 aromatic carbocycles. The summed E-state index contributed by atoms with van der Waals surface area (Å²) in [6.45, 7) is 6.06. The molecule has 2 N–H and O–H groups in total. The van der Waals surface area contributed by atoms with E-state index in [9.17, 15) is 14.7 Å². The molecule has 0 aliphatic carbocycles. The topological polar surface area (TPSA) is 66.4 Å². The molecular formula is C24H46NNaO3. The second-order valence-electron chi connectivity index (χ2n) is 8.10. The van der Waals surface area contributed by atoms with Crippen molar-refractivity contribution >= 4 is 41.4 Å². The number of carboxylic acid groups (broad SMARTS) is 1. The van der Waals surface area contributed by atoms with E-state index in [-0.39, 0.29) is 41.4 Å². The van der Waals surface area contributed by atoms with E-state index in [0.717, 1.165) is 32.1 Å². The van der Waals surface area contributed by atoms with Crippen LogP contribution in [0.2, 0.25) is 0 Å². The van der Waals surface area contributed by atoms with Crippen LogP contribution in [0.25, 0.3) is 0 Å². The molecule has 1 amide bonds. The molecule has 0 radical (unpaired) electrons. The van der Waals surface area contributed by atoms with Gasteiger partial charge in [-0.1, -0.05) is 90.7 Å². The van der Waals surface area contributed by atoms with Gasteiger partial charge in [0.15, 0.2) is 0 Å². The van der Waals surface area contributed by atoms with Gasteiger partial charge in [-0.05, 0) is 38.0 Å². The average molecular weight is 420 g/mol. The van der Waals surface area contributed by atoms with Gasteiger partial charge in [-0.15, -0.1) is 0 Å². The van der Waals surface area contributed by atoms with Crippen molar-refractivity contribution in [3.05, 3.63) is 12.2 Å². The minimum atomic E-state index is -0.938. The van der Waals surface area contributed by atoms with E-state index >= 15 is 0 Å². The quantitative estimate of drug-likeness (QED) is 0.153. The van der Waals surface area contributed by atoms with Crippen molar-refractivity contribution in [3.8, 4) is 0 Å². The van der Waals surface area contributed by atoms with Crippen LogP contribution in [0, 0.1) is 5.92 Å². The summed E-state index contributed by atoms with van der Waals surface area (Å²) in [6, 6.07) is -0.763. The first-order valence-corrected chi connectivity index (χ1v) is 11.7. The molecule has 0 aromatic heterocycles. The third-order valence-corrected chi connectivity index (χ3v) is 5.46. The molecule has 29 heavy (non-hydrogen) atoms. The first kappa shape index (κ1) is 30.9.